The molecular weight excluding hydrogens is 208 g/mol. The lowest BCUT2D eigenvalue weighted by Gasteiger charge is -2.33. The number of urea groups is 1. The highest BCUT2D eigenvalue weighted by Gasteiger charge is 2.22. The molecule has 16 heavy (non-hydrogen) atoms. The van der Waals surface area contributed by atoms with Gasteiger partial charge in [-0.25, -0.2) is 4.79 Å². The van der Waals surface area contributed by atoms with Gasteiger partial charge >= 0.3 is 6.03 Å². The van der Waals surface area contributed by atoms with Crippen molar-refractivity contribution in [2.45, 2.75) is 32.2 Å². The van der Waals surface area contributed by atoms with Gasteiger partial charge in [-0.3, -0.25) is 0 Å². The number of likely N-dealkylation sites (tertiary alicyclic amines) is 1. The largest absolute Gasteiger partial charge is 0.382 e. The Kier molecular flexibility index (Phi) is 6.18. The van der Waals surface area contributed by atoms with Gasteiger partial charge in [-0.2, -0.15) is 0 Å². The zero-order chi connectivity index (χ0) is 11.8. The number of hydrogen-bond donors (Lipinski definition) is 1. The standard InChI is InChI=1S/C11H22N2O3/c1-10-5-3-4-6-13(10)11(14)12-9-16-8-7-15-2/h10H,3-9H2,1-2H3,(H,12,14). The molecule has 1 aliphatic heterocycles. The minimum absolute atomic E-state index is 0.0235. The molecule has 0 aliphatic carbocycles. The fraction of sp³-hybridized carbons (Fsp3) is 0.909. The van der Waals surface area contributed by atoms with E-state index in [-0.39, 0.29) is 12.8 Å². The highest BCUT2D eigenvalue weighted by molar-refractivity contribution is 5.74. The van der Waals surface area contributed by atoms with Crippen molar-refractivity contribution in [3.05, 3.63) is 0 Å². The molecule has 1 rings (SSSR count). The topological polar surface area (TPSA) is 50.8 Å². The zero-order valence-electron chi connectivity index (χ0n) is 10.2. The van der Waals surface area contributed by atoms with Crippen LogP contribution in [0.25, 0.3) is 0 Å². The molecule has 1 atom stereocenters. The van der Waals surface area contributed by atoms with Crippen LogP contribution in [0.1, 0.15) is 26.2 Å². The first-order valence-electron chi connectivity index (χ1n) is 5.87. The SMILES string of the molecule is COCCOCNC(=O)N1CCCCC1C. The van der Waals surface area contributed by atoms with Crippen LogP contribution in [-0.2, 0) is 9.47 Å². The second kappa shape index (κ2) is 7.46. The minimum atomic E-state index is -0.0235. The Labute approximate surface area is 97.1 Å². The Hall–Kier alpha value is -0.810. The molecule has 0 spiro atoms. The molecule has 1 N–H and O–H groups in total. The summed E-state index contributed by atoms with van der Waals surface area (Å²) < 4.78 is 10.0. The molecule has 5 heteroatoms. The van der Waals surface area contributed by atoms with Crippen LogP contribution >= 0.6 is 0 Å². The van der Waals surface area contributed by atoms with Gasteiger partial charge in [0.25, 0.3) is 0 Å². The number of nitrogens with zero attached hydrogens (tertiary/aromatic N) is 1. The number of piperidine rings is 1. The lowest BCUT2D eigenvalue weighted by molar-refractivity contribution is 0.0595. The number of nitrogens with one attached hydrogen (secondary N) is 1. The van der Waals surface area contributed by atoms with Gasteiger partial charge in [-0.1, -0.05) is 0 Å². The third-order valence-electron chi connectivity index (χ3n) is 2.82. The maximum Gasteiger partial charge on any atom is 0.319 e. The fourth-order valence-corrected chi connectivity index (χ4v) is 1.83. The maximum absolute atomic E-state index is 11.7. The third kappa shape index (κ3) is 4.37. The summed E-state index contributed by atoms with van der Waals surface area (Å²) in [6.45, 7) is 4.25. The summed E-state index contributed by atoms with van der Waals surface area (Å²) in [4.78, 5) is 13.6. The molecule has 94 valence electrons. The van der Waals surface area contributed by atoms with Gasteiger partial charge in [0.15, 0.2) is 0 Å². The fourth-order valence-electron chi connectivity index (χ4n) is 1.83. The van der Waals surface area contributed by atoms with Crippen molar-refractivity contribution in [2.24, 2.45) is 0 Å². The Morgan fingerprint density at radius 2 is 2.25 bits per heavy atom. The van der Waals surface area contributed by atoms with Crippen molar-refractivity contribution in [1.82, 2.24) is 10.2 Å². The summed E-state index contributed by atoms with van der Waals surface area (Å²) in [5, 5.41) is 2.75. The molecular formula is C11H22N2O3. The monoisotopic (exact) mass is 230 g/mol. The number of carbonyl (C=O) groups excluding carboxylic acids is 1. The summed E-state index contributed by atoms with van der Waals surface area (Å²) in [7, 11) is 1.62. The van der Waals surface area contributed by atoms with Crippen LogP contribution in [0.5, 0.6) is 0 Å². The second-order valence-electron chi connectivity index (χ2n) is 4.07. The Bertz CT molecular complexity index is 211. The molecule has 1 fully saturated rings. The van der Waals surface area contributed by atoms with E-state index >= 15 is 0 Å². The van der Waals surface area contributed by atoms with Crippen LogP contribution < -0.4 is 5.32 Å². The van der Waals surface area contributed by atoms with Crippen LogP contribution in [0.2, 0.25) is 0 Å². The summed E-state index contributed by atoms with van der Waals surface area (Å²) in [6, 6.07) is 0.317. The molecule has 0 aromatic carbocycles. The van der Waals surface area contributed by atoms with Gasteiger partial charge in [0.2, 0.25) is 0 Å². The second-order valence-corrected chi connectivity index (χ2v) is 4.07. The summed E-state index contributed by atoms with van der Waals surface area (Å²) in [5.41, 5.74) is 0. The van der Waals surface area contributed by atoms with E-state index in [1.54, 1.807) is 7.11 Å². The van der Waals surface area contributed by atoms with Gasteiger partial charge in [0, 0.05) is 19.7 Å². The molecule has 0 aromatic heterocycles. The van der Waals surface area contributed by atoms with Crippen LogP contribution in [0.15, 0.2) is 0 Å². The number of rotatable bonds is 5. The normalized spacial score (nSPS) is 20.9. The van der Waals surface area contributed by atoms with E-state index < -0.39 is 0 Å². The number of hydrogen-bond acceptors (Lipinski definition) is 3. The van der Waals surface area contributed by atoms with Crippen molar-refractivity contribution in [3.63, 3.8) is 0 Å². The molecule has 0 aromatic rings. The lowest BCUT2D eigenvalue weighted by Crippen LogP contribution is -2.48. The molecule has 0 saturated carbocycles. The van der Waals surface area contributed by atoms with Crippen LogP contribution in [0.4, 0.5) is 4.79 Å². The molecule has 0 radical (unpaired) electrons. The minimum Gasteiger partial charge on any atom is -0.382 e. The summed E-state index contributed by atoms with van der Waals surface area (Å²) in [5.74, 6) is 0. The quantitative estimate of drug-likeness (QED) is 0.570. The summed E-state index contributed by atoms with van der Waals surface area (Å²) in [6.07, 6.45) is 3.41. The van der Waals surface area contributed by atoms with Gasteiger partial charge in [-0.15, -0.1) is 0 Å². The third-order valence-corrected chi connectivity index (χ3v) is 2.82. The molecule has 2 amide bonds. The number of carbonyl (C=O) groups is 1. The average Bonchev–Trinajstić information content (AvgIpc) is 2.29. The summed E-state index contributed by atoms with van der Waals surface area (Å²) >= 11 is 0. The van der Waals surface area contributed by atoms with E-state index in [4.69, 9.17) is 9.47 Å². The van der Waals surface area contributed by atoms with Crippen molar-refractivity contribution >= 4 is 6.03 Å². The predicted octanol–water partition coefficient (Wildman–Crippen LogP) is 1.19. The number of methoxy groups -OCH3 is 1. The van der Waals surface area contributed by atoms with E-state index in [1.165, 1.54) is 6.42 Å². The van der Waals surface area contributed by atoms with E-state index in [0.29, 0.717) is 19.3 Å². The van der Waals surface area contributed by atoms with Crippen molar-refractivity contribution in [3.8, 4) is 0 Å². The van der Waals surface area contributed by atoms with Crippen LogP contribution in [0, 0.1) is 0 Å². The van der Waals surface area contributed by atoms with Crippen molar-refractivity contribution in [2.75, 3.05) is 33.6 Å². The molecule has 1 unspecified atom stereocenters. The first-order chi connectivity index (χ1) is 7.75. The van der Waals surface area contributed by atoms with Gasteiger partial charge in [0.05, 0.1) is 13.2 Å². The first kappa shape index (κ1) is 13.3. The Balaban J connectivity index is 2.13. The van der Waals surface area contributed by atoms with Crippen LogP contribution in [-0.4, -0.2) is 50.6 Å². The van der Waals surface area contributed by atoms with E-state index in [2.05, 4.69) is 12.2 Å². The number of amides is 2. The van der Waals surface area contributed by atoms with Crippen LogP contribution in [0.3, 0.4) is 0 Å². The molecule has 1 aliphatic rings. The van der Waals surface area contributed by atoms with E-state index in [1.807, 2.05) is 4.90 Å². The lowest BCUT2D eigenvalue weighted by atomic mass is 10.0. The maximum atomic E-state index is 11.7. The van der Waals surface area contributed by atoms with Crippen molar-refractivity contribution < 1.29 is 14.3 Å². The Morgan fingerprint density at radius 1 is 1.44 bits per heavy atom. The molecule has 0 bridgehead atoms. The average molecular weight is 230 g/mol. The van der Waals surface area contributed by atoms with Gasteiger partial charge in [-0.05, 0) is 26.2 Å². The van der Waals surface area contributed by atoms with Gasteiger partial charge in [0.1, 0.15) is 6.73 Å². The van der Waals surface area contributed by atoms with E-state index in [0.717, 1.165) is 19.4 Å². The zero-order valence-corrected chi connectivity index (χ0v) is 10.2. The first-order valence-corrected chi connectivity index (χ1v) is 5.87. The Morgan fingerprint density at radius 3 is 2.94 bits per heavy atom. The highest BCUT2D eigenvalue weighted by atomic mass is 16.5. The highest BCUT2D eigenvalue weighted by Crippen LogP contribution is 2.15. The molecule has 5 nitrogen and oxygen atoms in total. The molecule has 1 saturated heterocycles. The predicted molar refractivity (Wildman–Crippen MR) is 61.2 cm³/mol. The molecule has 1 heterocycles. The smallest absolute Gasteiger partial charge is 0.319 e. The van der Waals surface area contributed by atoms with Crippen molar-refractivity contribution in [1.29, 1.82) is 0 Å². The van der Waals surface area contributed by atoms with Gasteiger partial charge < -0.3 is 19.7 Å². The van der Waals surface area contributed by atoms with E-state index in [9.17, 15) is 4.79 Å². The number of ether oxygens (including phenoxy) is 2.